The van der Waals surface area contributed by atoms with Gasteiger partial charge in [-0.1, -0.05) is 30.3 Å². The number of hydrogen-bond donors (Lipinski definition) is 1. The van der Waals surface area contributed by atoms with Gasteiger partial charge in [0.25, 0.3) is 5.91 Å². The van der Waals surface area contributed by atoms with Crippen LogP contribution in [0.1, 0.15) is 35.5 Å². The molecule has 0 atom stereocenters. The molecule has 0 unspecified atom stereocenters. The van der Waals surface area contributed by atoms with Crippen LogP contribution in [0.3, 0.4) is 0 Å². The lowest BCUT2D eigenvalue weighted by Gasteiger charge is -2.27. The molecule has 0 fully saturated rings. The number of carbonyl (C=O) groups excluding carboxylic acids is 1. The van der Waals surface area contributed by atoms with Gasteiger partial charge in [-0.15, -0.1) is 0 Å². The van der Waals surface area contributed by atoms with Crippen LogP contribution in [-0.4, -0.2) is 21.8 Å². The number of nitrogens with zero attached hydrogens (tertiary/aromatic N) is 1. The van der Waals surface area contributed by atoms with E-state index in [-0.39, 0.29) is 11.9 Å². The van der Waals surface area contributed by atoms with Crippen molar-refractivity contribution in [2.24, 2.45) is 0 Å². The Morgan fingerprint density at radius 1 is 1.21 bits per heavy atom. The number of aromatic nitrogens is 1. The average Bonchev–Trinajstić information content (AvgIpc) is 2.82. The predicted octanol–water partition coefficient (Wildman–Crippen LogP) is 3.37. The van der Waals surface area contributed by atoms with E-state index in [1.807, 2.05) is 68.3 Å². The number of hydrogen-bond acceptors (Lipinski definition) is 1. The van der Waals surface area contributed by atoms with E-state index in [2.05, 4.69) is 4.98 Å². The first-order chi connectivity index (χ1) is 9.09. The number of aryl methyl sites for hydroxylation is 1. The lowest BCUT2D eigenvalue weighted by atomic mass is 10.1. The van der Waals surface area contributed by atoms with Gasteiger partial charge in [0.15, 0.2) is 0 Å². The van der Waals surface area contributed by atoms with E-state index < -0.39 is 0 Å². The first kappa shape index (κ1) is 13.4. The predicted molar refractivity (Wildman–Crippen MR) is 77.0 cm³/mol. The van der Waals surface area contributed by atoms with Crippen LogP contribution in [0, 0.1) is 6.92 Å². The summed E-state index contributed by atoms with van der Waals surface area (Å²) in [6, 6.07) is 12.1. The monoisotopic (exact) mass is 256 g/mol. The van der Waals surface area contributed by atoms with E-state index >= 15 is 0 Å². The molecule has 1 aromatic carbocycles. The van der Waals surface area contributed by atoms with Crippen LogP contribution < -0.4 is 0 Å². The summed E-state index contributed by atoms with van der Waals surface area (Å²) in [6.07, 6.45) is 1.81. The Morgan fingerprint density at radius 3 is 2.42 bits per heavy atom. The van der Waals surface area contributed by atoms with Crippen LogP contribution in [-0.2, 0) is 6.54 Å². The Morgan fingerprint density at radius 2 is 1.89 bits per heavy atom. The molecule has 19 heavy (non-hydrogen) atoms. The zero-order valence-corrected chi connectivity index (χ0v) is 11.7. The van der Waals surface area contributed by atoms with Gasteiger partial charge in [-0.2, -0.15) is 0 Å². The Balaban J connectivity index is 2.22. The van der Waals surface area contributed by atoms with Crippen LogP contribution in [0.15, 0.2) is 42.6 Å². The molecule has 0 saturated carbocycles. The van der Waals surface area contributed by atoms with E-state index in [4.69, 9.17) is 0 Å². The van der Waals surface area contributed by atoms with Gasteiger partial charge in [0.1, 0.15) is 0 Å². The molecule has 1 heterocycles. The number of carbonyl (C=O) groups is 1. The highest BCUT2D eigenvalue weighted by atomic mass is 16.2. The third kappa shape index (κ3) is 3.05. The van der Waals surface area contributed by atoms with E-state index in [1.54, 1.807) is 0 Å². The zero-order valence-electron chi connectivity index (χ0n) is 11.7. The molecule has 2 rings (SSSR count). The van der Waals surface area contributed by atoms with Crippen molar-refractivity contribution < 1.29 is 4.79 Å². The molecule has 2 aromatic rings. The Kier molecular flexibility index (Phi) is 4.05. The van der Waals surface area contributed by atoms with Gasteiger partial charge in [0.2, 0.25) is 0 Å². The number of benzene rings is 1. The summed E-state index contributed by atoms with van der Waals surface area (Å²) in [6.45, 7) is 6.65. The molecular weight excluding hydrogens is 236 g/mol. The molecule has 0 spiro atoms. The minimum Gasteiger partial charge on any atom is -0.365 e. The highest BCUT2D eigenvalue weighted by Gasteiger charge is 2.20. The van der Waals surface area contributed by atoms with Crippen molar-refractivity contribution in [3.8, 4) is 0 Å². The lowest BCUT2D eigenvalue weighted by Crippen LogP contribution is -2.36. The van der Waals surface area contributed by atoms with Crippen molar-refractivity contribution >= 4 is 5.91 Å². The third-order valence-corrected chi connectivity index (χ3v) is 3.26. The largest absolute Gasteiger partial charge is 0.365 e. The molecule has 0 bridgehead atoms. The van der Waals surface area contributed by atoms with Crippen LogP contribution in [0.2, 0.25) is 0 Å². The van der Waals surface area contributed by atoms with Gasteiger partial charge >= 0.3 is 0 Å². The summed E-state index contributed by atoms with van der Waals surface area (Å²) in [4.78, 5) is 17.5. The molecule has 0 saturated heterocycles. The summed E-state index contributed by atoms with van der Waals surface area (Å²) < 4.78 is 0. The van der Waals surface area contributed by atoms with E-state index in [0.29, 0.717) is 6.54 Å². The summed E-state index contributed by atoms with van der Waals surface area (Å²) >= 11 is 0. The van der Waals surface area contributed by atoms with Gasteiger partial charge < -0.3 is 9.88 Å². The molecule has 0 aliphatic rings. The molecule has 0 aliphatic heterocycles. The van der Waals surface area contributed by atoms with Crippen LogP contribution in [0.4, 0.5) is 0 Å². The standard InChI is InChI=1S/C16H20N2O/c1-12(2)18(11-14-7-5-4-6-8-14)16(19)15-9-10-17-13(15)3/h4-10,12,17H,11H2,1-3H3. The van der Waals surface area contributed by atoms with E-state index in [9.17, 15) is 4.79 Å². The number of aromatic amines is 1. The zero-order chi connectivity index (χ0) is 13.8. The topological polar surface area (TPSA) is 36.1 Å². The Labute approximate surface area is 114 Å². The molecule has 100 valence electrons. The van der Waals surface area contributed by atoms with Gasteiger partial charge in [0, 0.05) is 24.5 Å². The third-order valence-electron chi connectivity index (χ3n) is 3.26. The van der Waals surface area contributed by atoms with Gasteiger partial charge in [-0.05, 0) is 32.4 Å². The molecule has 0 radical (unpaired) electrons. The Hall–Kier alpha value is -2.03. The summed E-state index contributed by atoms with van der Waals surface area (Å²) in [5, 5.41) is 0. The van der Waals surface area contributed by atoms with Crippen LogP contribution in [0.25, 0.3) is 0 Å². The maximum Gasteiger partial charge on any atom is 0.256 e. The number of amides is 1. The van der Waals surface area contributed by atoms with Gasteiger partial charge in [0.05, 0.1) is 5.56 Å². The molecule has 1 amide bonds. The van der Waals surface area contributed by atoms with E-state index in [0.717, 1.165) is 16.8 Å². The molecule has 0 aliphatic carbocycles. The second-order valence-corrected chi connectivity index (χ2v) is 5.03. The van der Waals surface area contributed by atoms with Gasteiger partial charge in [-0.3, -0.25) is 4.79 Å². The molecule has 1 N–H and O–H groups in total. The highest BCUT2D eigenvalue weighted by molar-refractivity contribution is 5.95. The normalized spacial score (nSPS) is 10.7. The molecule has 3 nitrogen and oxygen atoms in total. The second kappa shape index (κ2) is 5.74. The van der Waals surface area contributed by atoms with Crippen molar-refractivity contribution in [1.29, 1.82) is 0 Å². The number of nitrogens with one attached hydrogen (secondary N) is 1. The maximum absolute atomic E-state index is 12.6. The smallest absolute Gasteiger partial charge is 0.256 e. The van der Waals surface area contributed by atoms with Crippen LogP contribution >= 0.6 is 0 Å². The summed E-state index contributed by atoms with van der Waals surface area (Å²) in [5.74, 6) is 0.0811. The van der Waals surface area contributed by atoms with Crippen molar-refractivity contribution in [2.45, 2.75) is 33.4 Å². The fraction of sp³-hybridized carbons (Fsp3) is 0.312. The Bertz CT molecular complexity index is 543. The first-order valence-electron chi connectivity index (χ1n) is 6.58. The second-order valence-electron chi connectivity index (χ2n) is 5.03. The lowest BCUT2D eigenvalue weighted by molar-refractivity contribution is 0.0690. The van der Waals surface area contributed by atoms with Crippen LogP contribution in [0.5, 0.6) is 0 Å². The minimum atomic E-state index is 0.0811. The SMILES string of the molecule is Cc1[nH]ccc1C(=O)N(Cc1ccccc1)C(C)C. The average molecular weight is 256 g/mol. The number of H-pyrrole nitrogens is 1. The molecular formula is C16H20N2O. The summed E-state index contributed by atoms with van der Waals surface area (Å²) in [7, 11) is 0. The van der Waals surface area contributed by atoms with Gasteiger partial charge in [-0.25, -0.2) is 0 Å². The fourth-order valence-electron chi connectivity index (χ4n) is 2.11. The summed E-state index contributed by atoms with van der Waals surface area (Å²) in [5.41, 5.74) is 2.83. The highest BCUT2D eigenvalue weighted by Crippen LogP contribution is 2.15. The van der Waals surface area contributed by atoms with Crippen molar-refractivity contribution in [3.63, 3.8) is 0 Å². The van der Waals surface area contributed by atoms with Crippen molar-refractivity contribution in [3.05, 3.63) is 59.4 Å². The quantitative estimate of drug-likeness (QED) is 0.894. The fourth-order valence-corrected chi connectivity index (χ4v) is 2.11. The minimum absolute atomic E-state index is 0.0811. The maximum atomic E-state index is 12.6. The number of rotatable bonds is 4. The van der Waals surface area contributed by atoms with Crippen molar-refractivity contribution in [1.82, 2.24) is 9.88 Å². The molecule has 1 aromatic heterocycles. The molecule has 3 heteroatoms. The first-order valence-corrected chi connectivity index (χ1v) is 6.58. The van der Waals surface area contributed by atoms with Crippen molar-refractivity contribution in [2.75, 3.05) is 0 Å². The van der Waals surface area contributed by atoms with E-state index in [1.165, 1.54) is 0 Å².